The molecular formula is C11H18ClNO2S. The average Bonchev–Trinajstić information content (AvgIpc) is 2.64. The highest BCUT2D eigenvalue weighted by atomic mass is 35.5. The van der Waals surface area contributed by atoms with Gasteiger partial charge < -0.3 is 10.0 Å². The van der Waals surface area contributed by atoms with Gasteiger partial charge >= 0.3 is 5.97 Å². The molecular weight excluding hydrogens is 246 g/mol. The van der Waals surface area contributed by atoms with E-state index in [1.54, 1.807) is 11.3 Å². The molecule has 0 aromatic carbocycles. The van der Waals surface area contributed by atoms with Gasteiger partial charge in [0.05, 0.1) is 0 Å². The Morgan fingerprint density at radius 2 is 2.25 bits per heavy atom. The van der Waals surface area contributed by atoms with Crippen molar-refractivity contribution in [1.29, 1.82) is 0 Å². The molecule has 0 unspecified atom stereocenters. The molecule has 0 atom stereocenters. The van der Waals surface area contributed by atoms with Gasteiger partial charge in [0.2, 0.25) is 0 Å². The van der Waals surface area contributed by atoms with Gasteiger partial charge in [-0.3, -0.25) is 4.79 Å². The van der Waals surface area contributed by atoms with Crippen LogP contribution in [0.1, 0.15) is 24.1 Å². The molecule has 0 amide bonds. The molecule has 0 fully saturated rings. The maximum atomic E-state index is 10.3. The van der Waals surface area contributed by atoms with E-state index in [1.807, 2.05) is 0 Å². The Bertz CT molecular complexity index is 290. The van der Waals surface area contributed by atoms with Gasteiger partial charge in [-0.05, 0) is 37.9 Å². The molecule has 5 heteroatoms. The van der Waals surface area contributed by atoms with Gasteiger partial charge in [-0.15, -0.1) is 23.7 Å². The summed E-state index contributed by atoms with van der Waals surface area (Å²) in [6.07, 6.45) is 2.01. The number of carboxylic acids is 1. The van der Waals surface area contributed by atoms with Crippen LogP contribution in [0.25, 0.3) is 0 Å². The standard InChI is InChI=1S/C11H17NO2S.ClH/c1-12(7-3-2-6-11(13)14)9-10-5-4-8-15-10;/h4-5,8H,2-3,6-7,9H2,1H3,(H,13,14);1H. The Morgan fingerprint density at radius 3 is 2.81 bits per heavy atom. The fourth-order valence-electron chi connectivity index (χ4n) is 1.41. The summed E-state index contributed by atoms with van der Waals surface area (Å²) < 4.78 is 0. The zero-order valence-corrected chi connectivity index (χ0v) is 11.0. The summed E-state index contributed by atoms with van der Waals surface area (Å²) in [7, 11) is 2.07. The molecule has 0 radical (unpaired) electrons. The molecule has 1 aromatic rings. The predicted octanol–water partition coefficient (Wildman–Crippen LogP) is 2.86. The van der Waals surface area contributed by atoms with Crippen molar-refractivity contribution in [1.82, 2.24) is 4.90 Å². The Hall–Kier alpha value is -0.580. The van der Waals surface area contributed by atoms with Crippen molar-refractivity contribution in [3.05, 3.63) is 22.4 Å². The van der Waals surface area contributed by atoms with E-state index in [1.165, 1.54) is 4.88 Å². The second kappa shape index (κ2) is 8.56. The van der Waals surface area contributed by atoms with Crippen LogP contribution >= 0.6 is 23.7 Å². The summed E-state index contributed by atoms with van der Waals surface area (Å²) >= 11 is 1.76. The highest BCUT2D eigenvalue weighted by Crippen LogP contribution is 2.11. The number of thiophene rings is 1. The van der Waals surface area contributed by atoms with E-state index in [9.17, 15) is 4.79 Å². The van der Waals surface area contributed by atoms with Crippen LogP contribution in [0.15, 0.2) is 17.5 Å². The maximum Gasteiger partial charge on any atom is 0.303 e. The summed E-state index contributed by atoms with van der Waals surface area (Å²) in [6, 6.07) is 4.18. The Morgan fingerprint density at radius 1 is 1.50 bits per heavy atom. The molecule has 0 aliphatic heterocycles. The molecule has 0 bridgehead atoms. The largest absolute Gasteiger partial charge is 0.481 e. The molecule has 16 heavy (non-hydrogen) atoms. The smallest absolute Gasteiger partial charge is 0.303 e. The molecule has 1 heterocycles. The van der Waals surface area contributed by atoms with Crippen LogP contribution in [-0.2, 0) is 11.3 Å². The molecule has 1 rings (SSSR count). The number of carbonyl (C=O) groups is 1. The van der Waals surface area contributed by atoms with E-state index in [2.05, 4.69) is 29.5 Å². The van der Waals surface area contributed by atoms with Crippen molar-refractivity contribution in [2.75, 3.05) is 13.6 Å². The van der Waals surface area contributed by atoms with Gasteiger partial charge in [-0.25, -0.2) is 0 Å². The van der Waals surface area contributed by atoms with Crippen LogP contribution in [0, 0.1) is 0 Å². The van der Waals surface area contributed by atoms with E-state index < -0.39 is 5.97 Å². The third-order valence-electron chi connectivity index (χ3n) is 2.19. The van der Waals surface area contributed by atoms with Crippen LogP contribution in [0.2, 0.25) is 0 Å². The topological polar surface area (TPSA) is 40.5 Å². The Kier molecular flexibility index (Phi) is 8.25. The molecule has 0 spiro atoms. The number of hydrogen-bond acceptors (Lipinski definition) is 3. The first-order valence-electron chi connectivity index (χ1n) is 5.11. The summed E-state index contributed by atoms with van der Waals surface area (Å²) in [5.41, 5.74) is 0. The summed E-state index contributed by atoms with van der Waals surface area (Å²) in [5, 5.41) is 10.6. The van der Waals surface area contributed by atoms with Crippen molar-refractivity contribution < 1.29 is 9.90 Å². The van der Waals surface area contributed by atoms with Gasteiger partial charge in [0.25, 0.3) is 0 Å². The van der Waals surface area contributed by atoms with E-state index in [4.69, 9.17) is 5.11 Å². The second-order valence-electron chi connectivity index (χ2n) is 3.67. The Balaban J connectivity index is 0.00000225. The molecule has 0 saturated heterocycles. The summed E-state index contributed by atoms with van der Waals surface area (Å²) in [4.78, 5) is 13.9. The van der Waals surface area contributed by atoms with Crippen LogP contribution in [-0.4, -0.2) is 29.6 Å². The SMILES string of the molecule is CN(CCCCC(=O)O)Cc1cccs1.Cl. The molecule has 1 N–H and O–H groups in total. The molecule has 1 aromatic heterocycles. The van der Waals surface area contributed by atoms with Gasteiger partial charge in [0.1, 0.15) is 0 Å². The van der Waals surface area contributed by atoms with Crippen molar-refractivity contribution >= 4 is 29.7 Å². The molecule has 0 aliphatic carbocycles. The lowest BCUT2D eigenvalue weighted by Crippen LogP contribution is -2.18. The van der Waals surface area contributed by atoms with Crippen LogP contribution in [0.5, 0.6) is 0 Å². The monoisotopic (exact) mass is 263 g/mol. The molecule has 3 nitrogen and oxygen atoms in total. The zero-order chi connectivity index (χ0) is 11.1. The first-order chi connectivity index (χ1) is 7.18. The molecule has 92 valence electrons. The fourth-order valence-corrected chi connectivity index (χ4v) is 2.19. The minimum atomic E-state index is -0.698. The minimum Gasteiger partial charge on any atom is -0.481 e. The molecule has 0 aliphatic rings. The fraction of sp³-hybridized carbons (Fsp3) is 0.545. The molecule has 0 saturated carbocycles. The quantitative estimate of drug-likeness (QED) is 0.769. The van der Waals surface area contributed by atoms with Gasteiger partial charge in [0, 0.05) is 17.8 Å². The number of nitrogens with zero attached hydrogens (tertiary/aromatic N) is 1. The number of carboxylic acid groups (broad SMARTS) is 1. The van der Waals surface area contributed by atoms with E-state index >= 15 is 0 Å². The Labute approximate surface area is 106 Å². The van der Waals surface area contributed by atoms with Crippen molar-refractivity contribution in [2.24, 2.45) is 0 Å². The normalized spacial score (nSPS) is 10.1. The number of rotatable bonds is 7. The second-order valence-corrected chi connectivity index (χ2v) is 4.70. The van der Waals surface area contributed by atoms with Crippen LogP contribution in [0.3, 0.4) is 0 Å². The van der Waals surface area contributed by atoms with Gasteiger partial charge in [-0.1, -0.05) is 6.07 Å². The zero-order valence-electron chi connectivity index (χ0n) is 9.39. The lowest BCUT2D eigenvalue weighted by Gasteiger charge is -2.14. The van der Waals surface area contributed by atoms with Crippen molar-refractivity contribution in [2.45, 2.75) is 25.8 Å². The summed E-state index contributed by atoms with van der Waals surface area (Å²) in [5.74, 6) is -0.698. The highest BCUT2D eigenvalue weighted by molar-refractivity contribution is 7.09. The number of aliphatic carboxylic acids is 1. The van der Waals surface area contributed by atoms with Gasteiger partial charge in [-0.2, -0.15) is 0 Å². The van der Waals surface area contributed by atoms with E-state index in [0.29, 0.717) is 0 Å². The lowest BCUT2D eigenvalue weighted by molar-refractivity contribution is -0.137. The van der Waals surface area contributed by atoms with Crippen LogP contribution in [0.4, 0.5) is 0 Å². The van der Waals surface area contributed by atoms with Gasteiger partial charge in [0.15, 0.2) is 0 Å². The van der Waals surface area contributed by atoms with E-state index in [-0.39, 0.29) is 18.8 Å². The first kappa shape index (κ1) is 15.4. The predicted molar refractivity (Wildman–Crippen MR) is 69.4 cm³/mol. The average molecular weight is 264 g/mol. The highest BCUT2D eigenvalue weighted by Gasteiger charge is 2.02. The third-order valence-corrected chi connectivity index (χ3v) is 3.05. The van der Waals surface area contributed by atoms with Crippen molar-refractivity contribution in [3.8, 4) is 0 Å². The first-order valence-corrected chi connectivity index (χ1v) is 5.99. The van der Waals surface area contributed by atoms with Crippen molar-refractivity contribution in [3.63, 3.8) is 0 Å². The van der Waals surface area contributed by atoms with E-state index in [0.717, 1.165) is 25.9 Å². The summed E-state index contributed by atoms with van der Waals surface area (Å²) in [6.45, 7) is 1.93. The number of halogens is 1. The maximum absolute atomic E-state index is 10.3. The number of hydrogen-bond donors (Lipinski definition) is 1. The number of unbranched alkanes of at least 4 members (excludes halogenated alkanes) is 1. The lowest BCUT2D eigenvalue weighted by atomic mass is 10.2. The van der Waals surface area contributed by atoms with Crippen LogP contribution < -0.4 is 0 Å². The third kappa shape index (κ3) is 6.82. The minimum absolute atomic E-state index is 0.